The molecule has 12 heteroatoms. The molecule has 0 bridgehead atoms. The van der Waals surface area contributed by atoms with Crippen molar-refractivity contribution in [3.63, 3.8) is 0 Å². The summed E-state index contributed by atoms with van der Waals surface area (Å²) in [7, 11) is 5.45. The lowest BCUT2D eigenvalue weighted by molar-refractivity contribution is -0.147. The van der Waals surface area contributed by atoms with Crippen LogP contribution in [0.1, 0.15) is 49.8 Å². The topological polar surface area (TPSA) is 102 Å². The average molecular weight is 698 g/mol. The predicted octanol–water partition coefficient (Wildman–Crippen LogP) is 6.97. The normalized spacial score (nSPS) is 16.0. The van der Waals surface area contributed by atoms with Crippen LogP contribution in [0.5, 0.6) is 5.75 Å². The van der Waals surface area contributed by atoms with E-state index in [1.807, 2.05) is 54.6 Å². The SMILES string of the molecule is CNc1ccc([C@H](Cc2c(Cl)cncc2Cl)OC(=O)c2ccc(CNC(C(=O)OC[C@H]3CCN(C)C3)c3ccccc3)s2)cc1OC. The van der Waals surface area contributed by atoms with Crippen molar-refractivity contribution in [2.45, 2.75) is 31.5 Å². The molecule has 0 aliphatic carbocycles. The molecule has 1 saturated heterocycles. The maximum atomic E-state index is 13.5. The minimum Gasteiger partial charge on any atom is -0.495 e. The van der Waals surface area contributed by atoms with Gasteiger partial charge in [0.1, 0.15) is 22.8 Å². The number of anilines is 1. The van der Waals surface area contributed by atoms with E-state index >= 15 is 0 Å². The number of ether oxygens (including phenoxy) is 3. The van der Waals surface area contributed by atoms with Crippen molar-refractivity contribution in [2.75, 3.05) is 46.2 Å². The molecule has 0 radical (unpaired) electrons. The fraction of sp³-hybridized carbons (Fsp3) is 0.343. The molecule has 3 heterocycles. The molecule has 3 atom stereocenters. The Balaban J connectivity index is 1.29. The number of pyridine rings is 1. The molecule has 0 spiro atoms. The fourth-order valence-electron chi connectivity index (χ4n) is 5.56. The van der Waals surface area contributed by atoms with Gasteiger partial charge in [0.15, 0.2) is 0 Å². The van der Waals surface area contributed by atoms with E-state index in [1.165, 1.54) is 23.7 Å². The number of rotatable bonds is 14. The second-order valence-corrected chi connectivity index (χ2v) is 13.4. The smallest absolute Gasteiger partial charge is 0.348 e. The van der Waals surface area contributed by atoms with Gasteiger partial charge in [0.2, 0.25) is 0 Å². The third kappa shape index (κ3) is 9.03. The van der Waals surface area contributed by atoms with Crippen molar-refractivity contribution >= 4 is 52.2 Å². The number of halogens is 2. The highest BCUT2D eigenvalue weighted by molar-refractivity contribution is 7.13. The first-order chi connectivity index (χ1) is 22.7. The molecule has 0 amide bonds. The van der Waals surface area contributed by atoms with Gasteiger partial charge in [-0.1, -0.05) is 59.6 Å². The van der Waals surface area contributed by atoms with Gasteiger partial charge in [-0.05, 0) is 61.0 Å². The third-order valence-electron chi connectivity index (χ3n) is 8.12. The van der Waals surface area contributed by atoms with Crippen LogP contribution in [0, 0.1) is 5.92 Å². The lowest BCUT2D eigenvalue weighted by Crippen LogP contribution is -2.31. The van der Waals surface area contributed by atoms with Gasteiger partial charge in [-0.25, -0.2) is 9.59 Å². The quantitative estimate of drug-likeness (QED) is 0.135. The number of benzene rings is 2. The Hall–Kier alpha value is -3.67. The van der Waals surface area contributed by atoms with E-state index in [4.69, 9.17) is 37.4 Å². The molecular weight excluding hydrogens is 659 g/mol. The maximum absolute atomic E-state index is 13.5. The summed E-state index contributed by atoms with van der Waals surface area (Å²) in [5.41, 5.74) is 2.94. The van der Waals surface area contributed by atoms with Gasteiger partial charge >= 0.3 is 11.9 Å². The lowest BCUT2D eigenvalue weighted by atomic mass is 10.0. The standard InChI is InChI=1S/C35H38Cl2N4O5S/c1-38-29-11-9-24(15-31(29)44-3)30(16-26-27(36)18-39-19-28(26)37)46-34(42)32-12-10-25(47-32)17-40-33(23-7-5-4-6-8-23)35(43)45-21-22-13-14-41(2)20-22/h4-12,15,18-19,22,30,33,38,40H,13-14,16-17,20-21H2,1-3H3/t22-,30-,33?/m0/s1. The number of nitrogens with one attached hydrogen (secondary N) is 2. The summed E-state index contributed by atoms with van der Waals surface area (Å²) in [6.45, 7) is 2.68. The number of carbonyl (C=O) groups is 2. The minimum absolute atomic E-state index is 0.228. The van der Waals surface area contributed by atoms with Crippen LogP contribution in [-0.2, 0) is 27.2 Å². The van der Waals surface area contributed by atoms with Gasteiger partial charge in [0, 0.05) is 49.7 Å². The van der Waals surface area contributed by atoms with Crippen molar-refractivity contribution in [3.05, 3.63) is 110 Å². The second-order valence-electron chi connectivity index (χ2n) is 11.4. The Labute approximate surface area is 289 Å². The number of esters is 2. The summed E-state index contributed by atoms with van der Waals surface area (Å²) in [5, 5.41) is 7.19. The lowest BCUT2D eigenvalue weighted by Gasteiger charge is -2.21. The molecule has 4 aromatic rings. The molecule has 1 unspecified atom stereocenters. The zero-order chi connectivity index (χ0) is 33.3. The highest BCUT2D eigenvalue weighted by Crippen LogP contribution is 2.35. The van der Waals surface area contributed by atoms with E-state index in [9.17, 15) is 9.59 Å². The number of hydrogen-bond acceptors (Lipinski definition) is 10. The highest BCUT2D eigenvalue weighted by Gasteiger charge is 2.27. The first-order valence-corrected chi connectivity index (χ1v) is 16.9. The van der Waals surface area contributed by atoms with Crippen molar-refractivity contribution < 1.29 is 23.8 Å². The molecule has 9 nitrogen and oxygen atoms in total. The summed E-state index contributed by atoms with van der Waals surface area (Å²) >= 11 is 14.2. The largest absolute Gasteiger partial charge is 0.495 e. The number of carbonyl (C=O) groups excluding carboxylic acids is 2. The minimum atomic E-state index is -0.722. The van der Waals surface area contributed by atoms with Crippen molar-refractivity contribution in [1.82, 2.24) is 15.2 Å². The molecule has 5 rings (SSSR count). The molecule has 0 saturated carbocycles. The van der Waals surface area contributed by atoms with Crippen molar-refractivity contribution in [3.8, 4) is 5.75 Å². The number of hydrogen-bond donors (Lipinski definition) is 2. The van der Waals surface area contributed by atoms with Gasteiger partial charge in [-0.3, -0.25) is 10.3 Å². The van der Waals surface area contributed by atoms with Crippen LogP contribution < -0.4 is 15.4 Å². The van der Waals surface area contributed by atoms with Crippen molar-refractivity contribution in [1.29, 1.82) is 0 Å². The van der Waals surface area contributed by atoms with Crippen LogP contribution >= 0.6 is 34.5 Å². The van der Waals surface area contributed by atoms with Gasteiger partial charge in [0.25, 0.3) is 0 Å². The number of methoxy groups -OCH3 is 1. The van der Waals surface area contributed by atoms with E-state index in [0.717, 1.165) is 35.6 Å². The number of likely N-dealkylation sites (tertiary alicyclic amines) is 1. The zero-order valence-electron chi connectivity index (χ0n) is 26.5. The van der Waals surface area contributed by atoms with Crippen LogP contribution in [0.2, 0.25) is 10.0 Å². The van der Waals surface area contributed by atoms with Gasteiger partial charge in [-0.15, -0.1) is 11.3 Å². The van der Waals surface area contributed by atoms with Crippen LogP contribution in [-0.4, -0.2) is 62.7 Å². The van der Waals surface area contributed by atoms with Crippen LogP contribution in [0.3, 0.4) is 0 Å². The molecule has 47 heavy (non-hydrogen) atoms. The van der Waals surface area contributed by atoms with E-state index in [-0.39, 0.29) is 12.4 Å². The first-order valence-electron chi connectivity index (χ1n) is 15.3. The number of thiophene rings is 1. The predicted molar refractivity (Wildman–Crippen MR) is 186 cm³/mol. The summed E-state index contributed by atoms with van der Waals surface area (Å²) < 4.78 is 17.4. The molecule has 1 aliphatic heterocycles. The third-order valence-corrected chi connectivity index (χ3v) is 9.84. The summed E-state index contributed by atoms with van der Waals surface area (Å²) in [6, 6.07) is 18.0. The van der Waals surface area contributed by atoms with Crippen LogP contribution in [0.15, 0.2) is 73.1 Å². The Kier molecular flexibility index (Phi) is 12.1. The maximum Gasteiger partial charge on any atom is 0.348 e. The Morgan fingerprint density at radius 1 is 1.06 bits per heavy atom. The van der Waals surface area contributed by atoms with E-state index < -0.39 is 18.1 Å². The molecule has 2 aromatic heterocycles. The molecule has 248 valence electrons. The Morgan fingerprint density at radius 3 is 2.51 bits per heavy atom. The molecule has 2 N–H and O–H groups in total. The molecule has 2 aromatic carbocycles. The average Bonchev–Trinajstić information content (AvgIpc) is 3.74. The van der Waals surface area contributed by atoms with Crippen LogP contribution in [0.4, 0.5) is 5.69 Å². The second kappa shape index (κ2) is 16.4. The van der Waals surface area contributed by atoms with E-state index in [0.29, 0.717) is 50.9 Å². The fourth-order valence-corrected chi connectivity index (χ4v) is 6.92. The zero-order valence-corrected chi connectivity index (χ0v) is 28.8. The van der Waals surface area contributed by atoms with Gasteiger partial charge in [-0.2, -0.15) is 0 Å². The summed E-state index contributed by atoms with van der Waals surface area (Å²) in [6.07, 6.45) is 3.54. The summed E-state index contributed by atoms with van der Waals surface area (Å²) in [4.78, 5) is 34.4. The van der Waals surface area contributed by atoms with Crippen LogP contribution in [0.25, 0.3) is 0 Å². The molecule has 1 fully saturated rings. The monoisotopic (exact) mass is 696 g/mol. The molecule has 1 aliphatic rings. The number of aromatic nitrogens is 1. The highest BCUT2D eigenvalue weighted by atomic mass is 35.5. The first kappa shape index (κ1) is 34.7. The Bertz CT molecular complexity index is 1650. The molecular formula is C35H38Cl2N4O5S. The van der Waals surface area contributed by atoms with E-state index in [2.05, 4.69) is 27.6 Å². The van der Waals surface area contributed by atoms with E-state index in [1.54, 1.807) is 20.2 Å². The Morgan fingerprint density at radius 2 is 1.83 bits per heavy atom. The summed E-state index contributed by atoms with van der Waals surface area (Å²) in [5.74, 6) is 0.121. The van der Waals surface area contributed by atoms with Crippen molar-refractivity contribution in [2.24, 2.45) is 5.92 Å². The number of nitrogens with zero attached hydrogens (tertiary/aromatic N) is 2. The van der Waals surface area contributed by atoms with Gasteiger partial charge < -0.3 is 24.4 Å². The van der Waals surface area contributed by atoms with Gasteiger partial charge in [0.05, 0.1) is 29.4 Å².